The van der Waals surface area contributed by atoms with E-state index in [1.54, 1.807) is 23.0 Å². The van der Waals surface area contributed by atoms with E-state index in [4.69, 9.17) is 0 Å². The molecule has 6 rings (SSSR count). The van der Waals surface area contributed by atoms with Crippen molar-refractivity contribution in [2.45, 2.75) is 51.5 Å². The first-order valence-electron chi connectivity index (χ1n) is 12.0. The van der Waals surface area contributed by atoms with Crippen LogP contribution in [0.2, 0.25) is 0 Å². The lowest BCUT2D eigenvalue weighted by atomic mass is 9.99. The van der Waals surface area contributed by atoms with Crippen LogP contribution in [0.25, 0.3) is 11.3 Å². The predicted octanol–water partition coefficient (Wildman–Crippen LogP) is 3.34. The first-order valence-corrected chi connectivity index (χ1v) is 12.0. The van der Waals surface area contributed by atoms with Crippen LogP contribution in [0.15, 0.2) is 49.2 Å². The number of hydrogen-bond acceptors (Lipinski definition) is 7. The van der Waals surface area contributed by atoms with Crippen molar-refractivity contribution in [1.82, 2.24) is 44.6 Å². The Labute approximate surface area is 205 Å². The molecule has 1 fully saturated rings. The summed E-state index contributed by atoms with van der Waals surface area (Å²) in [6, 6.07) is 7.66. The summed E-state index contributed by atoms with van der Waals surface area (Å²) in [4.78, 5) is 17.5. The molecule has 0 unspecified atom stereocenters. The molecule has 0 N–H and O–H groups in total. The lowest BCUT2D eigenvalue weighted by molar-refractivity contribution is 0.0977. The van der Waals surface area contributed by atoms with Crippen molar-refractivity contribution in [2.75, 3.05) is 0 Å². The molecule has 11 heteroatoms. The topological polar surface area (TPSA) is 109 Å². The monoisotopic (exact) mass is 485 g/mol. The van der Waals surface area contributed by atoms with E-state index in [0.717, 1.165) is 11.3 Å². The summed E-state index contributed by atoms with van der Waals surface area (Å²) < 4.78 is 20.2. The molecule has 0 radical (unpaired) electrons. The van der Waals surface area contributed by atoms with Crippen molar-refractivity contribution >= 4 is 11.4 Å². The minimum atomic E-state index is -0.335. The van der Waals surface area contributed by atoms with Gasteiger partial charge in [0.2, 0.25) is 0 Å². The second-order valence-electron chi connectivity index (χ2n) is 9.10. The highest BCUT2D eigenvalue weighted by Crippen LogP contribution is 2.39. The van der Waals surface area contributed by atoms with Gasteiger partial charge in [0.05, 0.1) is 24.1 Å². The van der Waals surface area contributed by atoms with Crippen LogP contribution in [0.4, 0.5) is 4.39 Å². The molecule has 4 heterocycles. The number of fused-ring (bicyclic) bond motifs is 1. The van der Waals surface area contributed by atoms with Gasteiger partial charge >= 0.3 is 0 Å². The van der Waals surface area contributed by atoms with E-state index in [1.165, 1.54) is 29.4 Å². The Hall–Kier alpha value is -4.28. The van der Waals surface area contributed by atoms with Gasteiger partial charge in [-0.15, -0.1) is 10.2 Å². The largest absolute Gasteiger partial charge is 0.306 e. The molecule has 0 atom stereocenters. The SMILES string of the molecule is CCc1ccc(-n2cnnn2)c(CCC(=O)c2cn(Cc3cn4cc(C5CC5)ccc4n3)nn2)c1F. The number of rotatable bonds is 9. The summed E-state index contributed by atoms with van der Waals surface area (Å²) in [5.41, 5.74) is 4.78. The van der Waals surface area contributed by atoms with E-state index in [-0.39, 0.29) is 30.1 Å². The van der Waals surface area contributed by atoms with Crippen LogP contribution >= 0.6 is 0 Å². The first-order chi connectivity index (χ1) is 17.6. The van der Waals surface area contributed by atoms with Crippen molar-refractivity contribution in [3.8, 4) is 5.69 Å². The number of aryl methyl sites for hydroxylation is 1. The van der Waals surface area contributed by atoms with E-state index in [1.807, 2.05) is 23.6 Å². The van der Waals surface area contributed by atoms with Crippen molar-refractivity contribution in [1.29, 1.82) is 0 Å². The van der Waals surface area contributed by atoms with Gasteiger partial charge in [-0.3, -0.25) is 4.79 Å². The van der Waals surface area contributed by atoms with Crippen molar-refractivity contribution in [3.05, 3.63) is 83.1 Å². The molecule has 36 heavy (non-hydrogen) atoms. The zero-order valence-electron chi connectivity index (χ0n) is 19.7. The zero-order chi connectivity index (χ0) is 24.6. The van der Waals surface area contributed by atoms with E-state index < -0.39 is 0 Å². The maximum atomic E-state index is 15.2. The molecule has 0 amide bonds. The normalized spacial score (nSPS) is 13.5. The maximum Gasteiger partial charge on any atom is 0.185 e. The van der Waals surface area contributed by atoms with Crippen molar-refractivity contribution in [3.63, 3.8) is 0 Å². The van der Waals surface area contributed by atoms with Gasteiger partial charge in [0, 0.05) is 24.4 Å². The molecule has 0 bridgehead atoms. The lowest BCUT2D eigenvalue weighted by Gasteiger charge is -2.12. The predicted molar refractivity (Wildman–Crippen MR) is 127 cm³/mol. The fourth-order valence-electron chi connectivity index (χ4n) is 4.49. The molecular weight excluding hydrogens is 461 g/mol. The average molecular weight is 486 g/mol. The van der Waals surface area contributed by atoms with Gasteiger partial charge in [-0.05, 0) is 65.3 Å². The van der Waals surface area contributed by atoms with E-state index in [0.29, 0.717) is 35.7 Å². The molecule has 182 valence electrons. The van der Waals surface area contributed by atoms with Gasteiger partial charge in [-0.2, -0.15) is 0 Å². The lowest BCUT2D eigenvalue weighted by Crippen LogP contribution is -2.09. The highest BCUT2D eigenvalue weighted by Gasteiger charge is 2.24. The maximum absolute atomic E-state index is 15.2. The number of pyridine rings is 1. The summed E-state index contributed by atoms with van der Waals surface area (Å²) in [6.07, 6.45) is 10.4. The number of carbonyl (C=O) groups is 1. The number of halogens is 1. The Morgan fingerprint density at radius 3 is 2.78 bits per heavy atom. The molecule has 0 saturated heterocycles. The highest BCUT2D eigenvalue weighted by atomic mass is 19.1. The number of tetrazole rings is 1. The Bertz CT molecular complexity index is 1550. The number of aromatic nitrogens is 9. The van der Waals surface area contributed by atoms with E-state index in [2.05, 4.69) is 43.1 Å². The van der Waals surface area contributed by atoms with E-state index in [9.17, 15) is 4.79 Å². The fourth-order valence-corrected chi connectivity index (χ4v) is 4.49. The van der Waals surface area contributed by atoms with Crippen LogP contribution in [0.5, 0.6) is 0 Å². The molecule has 0 aliphatic heterocycles. The third-order valence-electron chi connectivity index (χ3n) is 6.60. The third kappa shape index (κ3) is 4.28. The van der Waals surface area contributed by atoms with Crippen LogP contribution < -0.4 is 0 Å². The van der Waals surface area contributed by atoms with Crippen LogP contribution in [0, 0.1) is 5.82 Å². The number of benzene rings is 1. The Morgan fingerprint density at radius 1 is 1.11 bits per heavy atom. The van der Waals surface area contributed by atoms with Gasteiger partial charge < -0.3 is 4.40 Å². The standard InChI is InChI=1S/C25H24FN9O/c1-2-16-5-8-22(35-15-27-30-32-35)20(25(16)26)7-9-23(36)21-14-34(31-29-21)13-19-12-33-11-18(17-3-4-17)6-10-24(33)28-19/h5-6,8,10-12,14-15,17H,2-4,7,9,13H2,1H3. The number of imidazole rings is 1. The second-order valence-corrected chi connectivity index (χ2v) is 9.10. The quantitative estimate of drug-likeness (QED) is 0.295. The Balaban J connectivity index is 1.16. The number of nitrogens with zero attached hydrogens (tertiary/aromatic N) is 9. The van der Waals surface area contributed by atoms with Crippen LogP contribution in [0.1, 0.15) is 65.0 Å². The van der Waals surface area contributed by atoms with Gasteiger partial charge in [0.15, 0.2) is 5.78 Å². The number of Topliss-reactive ketones (excluding diaryl/α,β-unsaturated/α-hetero) is 1. The molecule has 1 aliphatic rings. The number of hydrogen-bond donors (Lipinski definition) is 0. The van der Waals surface area contributed by atoms with Gasteiger partial charge in [-0.25, -0.2) is 18.7 Å². The summed E-state index contributed by atoms with van der Waals surface area (Å²) in [5.74, 6) is 0.124. The smallest absolute Gasteiger partial charge is 0.185 e. The molecule has 5 aromatic rings. The van der Waals surface area contributed by atoms with Crippen LogP contribution in [-0.4, -0.2) is 50.4 Å². The first kappa shape index (κ1) is 22.2. The molecule has 1 aliphatic carbocycles. The molecule has 10 nitrogen and oxygen atoms in total. The molecule has 1 aromatic carbocycles. The van der Waals surface area contributed by atoms with Gasteiger partial charge in [0.1, 0.15) is 23.5 Å². The fraction of sp³-hybridized carbons (Fsp3) is 0.320. The van der Waals surface area contributed by atoms with Gasteiger partial charge in [-0.1, -0.05) is 24.3 Å². The number of ketones is 1. The van der Waals surface area contributed by atoms with Crippen LogP contribution in [-0.2, 0) is 19.4 Å². The highest BCUT2D eigenvalue weighted by molar-refractivity contribution is 5.94. The van der Waals surface area contributed by atoms with Crippen molar-refractivity contribution in [2.24, 2.45) is 0 Å². The van der Waals surface area contributed by atoms with Gasteiger partial charge in [0.25, 0.3) is 0 Å². The summed E-state index contributed by atoms with van der Waals surface area (Å²) in [5, 5.41) is 19.3. The Morgan fingerprint density at radius 2 is 2.00 bits per heavy atom. The molecule has 4 aromatic heterocycles. The minimum Gasteiger partial charge on any atom is -0.306 e. The number of carbonyl (C=O) groups excluding carboxylic acids is 1. The van der Waals surface area contributed by atoms with Crippen LogP contribution in [0.3, 0.4) is 0 Å². The zero-order valence-corrected chi connectivity index (χ0v) is 19.7. The molecular formula is C25H24FN9O. The Kier molecular flexibility index (Phi) is 5.59. The summed E-state index contributed by atoms with van der Waals surface area (Å²) in [7, 11) is 0. The molecule has 0 spiro atoms. The van der Waals surface area contributed by atoms with E-state index >= 15 is 4.39 Å². The summed E-state index contributed by atoms with van der Waals surface area (Å²) in [6.45, 7) is 2.29. The average Bonchev–Trinajstić information content (AvgIpc) is 3.24. The summed E-state index contributed by atoms with van der Waals surface area (Å²) >= 11 is 0. The second kappa shape index (κ2) is 9.06. The minimum absolute atomic E-state index is 0.0796. The van der Waals surface area contributed by atoms with Crippen molar-refractivity contribution < 1.29 is 9.18 Å². The third-order valence-corrected chi connectivity index (χ3v) is 6.60. The molecule has 1 saturated carbocycles.